The number of carbonyl (C=O) groups excluding carboxylic acids is 1. The molecule has 2 heterocycles. The van der Waals surface area contributed by atoms with Crippen molar-refractivity contribution in [1.82, 2.24) is 4.90 Å². The number of halogens is 1. The van der Waals surface area contributed by atoms with Gasteiger partial charge in [0.1, 0.15) is 23.5 Å². The van der Waals surface area contributed by atoms with Crippen molar-refractivity contribution < 1.29 is 13.9 Å². The molecular formula is C14H16FNO2. The molecule has 0 spiro atoms. The van der Waals surface area contributed by atoms with Crippen molar-refractivity contribution in [1.29, 1.82) is 0 Å². The summed E-state index contributed by atoms with van der Waals surface area (Å²) in [4.78, 5) is 13.5. The number of fused-ring (bicyclic) bond motifs is 1. The minimum absolute atomic E-state index is 0.0488. The molecule has 0 bridgehead atoms. The van der Waals surface area contributed by atoms with Gasteiger partial charge in [-0.1, -0.05) is 0 Å². The first-order valence-electron chi connectivity index (χ1n) is 6.40. The molecule has 18 heavy (non-hydrogen) atoms. The minimum atomic E-state index is -0.217. The quantitative estimate of drug-likeness (QED) is 0.800. The number of benzene rings is 1. The maximum atomic E-state index is 13.1. The van der Waals surface area contributed by atoms with Gasteiger partial charge in [-0.3, -0.25) is 9.69 Å². The standard InChI is InChI=1S/C14H16FNO2/c15-11-3-4-14-10(6-11)7-13(18-14)9-16-5-1-2-12(17)8-16/h3-4,6,13H,1-2,5,7-9H2. The Labute approximate surface area is 106 Å². The first-order chi connectivity index (χ1) is 8.70. The molecule has 2 aliphatic rings. The number of piperidine rings is 1. The van der Waals surface area contributed by atoms with Crippen LogP contribution in [0, 0.1) is 5.82 Å². The predicted octanol–water partition coefficient (Wildman–Crippen LogP) is 1.79. The van der Waals surface area contributed by atoms with Crippen LogP contribution in [0.2, 0.25) is 0 Å². The number of Topliss-reactive ketones (excluding diaryl/α,β-unsaturated/α-hetero) is 1. The molecule has 1 atom stereocenters. The first kappa shape index (κ1) is 11.7. The number of rotatable bonds is 2. The minimum Gasteiger partial charge on any atom is -0.488 e. The third kappa shape index (κ3) is 2.38. The van der Waals surface area contributed by atoms with Gasteiger partial charge in [0.2, 0.25) is 0 Å². The third-order valence-electron chi connectivity index (χ3n) is 3.56. The molecule has 3 rings (SSSR count). The zero-order valence-corrected chi connectivity index (χ0v) is 10.2. The molecule has 0 aliphatic carbocycles. The van der Waals surface area contributed by atoms with E-state index in [4.69, 9.17) is 4.74 Å². The molecule has 0 N–H and O–H groups in total. The summed E-state index contributed by atoms with van der Waals surface area (Å²) in [6.45, 7) is 2.24. The summed E-state index contributed by atoms with van der Waals surface area (Å²) in [5.41, 5.74) is 0.934. The van der Waals surface area contributed by atoms with Crippen molar-refractivity contribution >= 4 is 5.78 Å². The second-order valence-corrected chi connectivity index (χ2v) is 5.07. The second-order valence-electron chi connectivity index (χ2n) is 5.07. The normalized spacial score (nSPS) is 23.8. The Morgan fingerprint density at radius 1 is 1.44 bits per heavy atom. The summed E-state index contributed by atoms with van der Waals surface area (Å²) in [5, 5.41) is 0. The second kappa shape index (κ2) is 4.69. The molecule has 4 heteroatoms. The Morgan fingerprint density at radius 2 is 2.33 bits per heavy atom. The third-order valence-corrected chi connectivity index (χ3v) is 3.56. The van der Waals surface area contributed by atoms with Gasteiger partial charge in [0.25, 0.3) is 0 Å². The van der Waals surface area contributed by atoms with Crippen LogP contribution >= 0.6 is 0 Å². The van der Waals surface area contributed by atoms with E-state index < -0.39 is 0 Å². The van der Waals surface area contributed by atoms with Crippen LogP contribution in [0.1, 0.15) is 18.4 Å². The number of likely N-dealkylation sites (tertiary alicyclic amines) is 1. The van der Waals surface area contributed by atoms with E-state index in [1.807, 2.05) is 0 Å². The summed E-state index contributed by atoms with van der Waals surface area (Å²) in [6, 6.07) is 4.65. The number of carbonyl (C=O) groups is 1. The van der Waals surface area contributed by atoms with E-state index in [9.17, 15) is 9.18 Å². The van der Waals surface area contributed by atoms with Crippen molar-refractivity contribution in [2.45, 2.75) is 25.4 Å². The van der Waals surface area contributed by atoms with Gasteiger partial charge in [0.05, 0.1) is 6.54 Å². The van der Waals surface area contributed by atoms with Crippen LogP contribution in [0.5, 0.6) is 5.75 Å². The van der Waals surface area contributed by atoms with Crippen LogP contribution in [0.15, 0.2) is 18.2 Å². The summed E-state index contributed by atoms with van der Waals surface area (Å²) in [5.74, 6) is 0.874. The summed E-state index contributed by atoms with van der Waals surface area (Å²) < 4.78 is 18.9. The molecular weight excluding hydrogens is 233 g/mol. The molecule has 1 fully saturated rings. The predicted molar refractivity (Wildman–Crippen MR) is 65.2 cm³/mol. The van der Waals surface area contributed by atoms with Crippen LogP contribution in [-0.2, 0) is 11.2 Å². The molecule has 1 saturated heterocycles. The monoisotopic (exact) mass is 249 g/mol. The Hall–Kier alpha value is -1.42. The molecule has 1 aromatic carbocycles. The van der Waals surface area contributed by atoms with Crippen LogP contribution in [-0.4, -0.2) is 36.4 Å². The average Bonchev–Trinajstić information content (AvgIpc) is 2.70. The average molecular weight is 249 g/mol. The fraction of sp³-hybridized carbons (Fsp3) is 0.500. The molecule has 0 radical (unpaired) electrons. The maximum absolute atomic E-state index is 13.1. The van der Waals surface area contributed by atoms with E-state index in [1.54, 1.807) is 6.07 Å². The van der Waals surface area contributed by atoms with Crippen molar-refractivity contribution in [2.24, 2.45) is 0 Å². The number of hydrogen-bond acceptors (Lipinski definition) is 3. The molecule has 2 aliphatic heterocycles. The van der Waals surface area contributed by atoms with E-state index in [1.165, 1.54) is 12.1 Å². The van der Waals surface area contributed by atoms with E-state index in [0.717, 1.165) is 37.2 Å². The first-order valence-corrected chi connectivity index (χ1v) is 6.40. The van der Waals surface area contributed by atoms with Crippen molar-refractivity contribution in [2.75, 3.05) is 19.6 Å². The maximum Gasteiger partial charge on any atom is 0.146 e. The van der Waals surface area contributed by atoms with Crippen LogP contribution in [0.3, 0.4) is 0 Å². The zero-order chi connectivity index (χ0) is 12.5. The number of ether oxygens (including phenoxy) is 1. The van der Waals surface area contributed by atoms with E-state index in [0.29, 0.717) is 18.7 Å². The lowest BCUT2D eigenvalue weighted by atomic mass is 10.1. The molecule has 0 saturated carbocycles. The highest BCUT2D eigenvalue weighted by molar-refractivity contribution is 5.81. The van der Waals surface area contributed by atoms with Crippen molar-refractivity contribution in [3.8, 4) is 5.75 Å². The van der Waals surface area contributed by atoms with Crippen molar-refractivity contribution in [3.63, 3.8) is 0 Å². The molecule has 96 valence electrons. The zero-order valence-electron chi connectivity index (χ0n) is 10.2. The van der Waals surface area contributed by atoms with Gasteiger partial charge in [-0.05, 0) is 31.2 Å². The van der Waals surface area contributed by atoms with Crippen LogP contribution in [0.25, 0.3) is 0 Å². The highest BCUT2D eigenvalue weighted by Gasteiger charge is 2.27. The van der Waals surface area contributed by atoms with Gasteiger partial charge < -0.3 is 4.74 Å². The summed E-state index contributed by atoms with van der Waals surface area (Å²) in [7, 11) is 0. The van der Waals surface area contributed by atoms with Gasteiger partial charge in [-0.2, -0.15) is 0 Å². The van der Waals surface area contributed by atoms with Gasteiger partial charge >= 0.3 is 0 Å². The smallest absolute Gasteiger partial charge is 0.146 e. The fourth-order valence-corrected chi connectivity index (χ4v) is 2.74. The Kier molecular flexibility index (Phi) is 3.04. The lowest BCUT2D eigenvalue weighted by Crippen LogP contribution is -2.41. The number of nitrogens with zero attached hydrogens (tertiary/aromatic N) is 1. The SMILES string of the molecule is O=C1CCCN(CC2Cc3cc(F)ccc3O2)C1. The van der Waals surface area contributed by atoms with Crippen LogP contribution < -0.4 is 4.74 Å². The van der Waals surface area contributed by atoms with E-state index in [2.05, 4.69) is 4.90 Å². The summed E-state index contributed by atoms with van der Waals surface area (Å²) >= 11 is 0. The van der Waals surface area contributed by atoms with Gasteiger partial charge in [-0.15, -0.1) is 0 Å². The molecule has 0 aromatic heterocycles. The fourth-order valence-electron chi connectivity index (χ4n) is 2.74. The Bertz CT molecular complexity index is 475. The van der Waals surface area contributed by atoms with Gasteiger partial charge in [-0.25, -0.2) is 4.39 Å². The number of hydrogen-bond donors (Lipinski definition) is 0. The molecule has 3 nitrogen and oxygen atoms in total. The topological polar surface area (TPSA) is 29.5 Å². The highest BCUT2D eigenvalue weighted by atomic mass is 19.1. The lowest BCUT2D eigenvalue weighted by molar-refractivity contribution is -0.122. The van der Waals surface area contributed by atoms with E-state index in [-0.39, 0.29) is 11.9 Å². The molecule has 0 amide bonds. The lowest BCUT2D eigenvalue weighted by Gasteiger charge is -2.27. The molecule has 1 unspecified atom stereocenters. The number of ketones is 1. The molecule has 1 aromatic rings. The van der Waals surface area contributed by atoms with Crippen LogP contribution in [0.4, 0.5) is 4.39 Å². The van der Waals surface area contributed by atoms with Crippen molar-refractivity contribution in [3.05, 3.63) is 29.6 Å². The Morgan fingerprint density at radius 3 is 3.17 bits per heavy atom. The Balaban J connectivity index is 1.62. The van der Waals surface area contributed by atoms with Gasteiger partial charge in [0.15, 0.2) is 0 Å². The van der Waals surface area contributed by atoms with E-state index >= 15 is 0 Å². The summed E-state index contributed by atoms with van der Waals surface area (Å²) in [6.07, 6.45) is 2.42. The van der Waals surface area contributed by atoms with Gasteiger partial charge in [0, 0.05) is 24.9 Å². The largest absolute Gasteiger partial charge is 0.488 e. The highest BCUT2D eigenvalue weighted by Crippen LogP contribution is 2.29.